The number of hydrogen-bond donors (Lipinski definition) is 1. The molecule has 0 aliphatic carbocycles. The van der Waals surface area contributed by atoms with Gasteiger partial charge in [0.05, 0.1) is 33.4 Å². The maximum atomic E-state index is 13.8. The molecule has 0 radical (unpaired) electrons. The van der Waals surface area contributed by atoms with Crippen molar-refractivity contribution in [2.24, 2.45) is 0 Å². The number of aromatic amines is 1. The number of esters is 1. The van der Waals surface area contributed by atoms with Crippen LogP contribution in [-0.4, -0.2) is 36.2 Å². The van der Waals surface area contributed by atoms with Crippen molar-refractivity contribution in [2.75, 3.05) is 0 Å². The molecule has 0 bridgehead atoms. The van der Waals surface area contributed by atoms with Gasteiger partial charge in [-0.25, -0.2) is 14.4 Å². The standard InChI is InChI=1S/C34H32FN5O4S/c1-34(2,3)43-31(41)11-7-6-10-30-36-29-18-21(12-17-25(29)32(42)40(30)23-15-13-22(35)14-16-23)28-19-24(44-39-28)20-45-33-37-26-8-4-5-9-27(26)38-33/h4-5,8-9,12-19H,6-7,10-11,20H2,1-3H3,(H,37,38). The Kier molecular flexibility index (Phi) is 8.53. The van der Waals surface area contributed by atoms with Gasteiger partial charge in [-0.05, 0) is 82.1 Å². The Morgan fingerprint density at radius 3 is 2.58 bits per heavy atom. The smallest absolute Gasteiger partial charge is 0.306 e. The molecule has 0 aliphatic rings. The van der Waals surface area contributed by atoms with E-state index in [-0.39, 0.29) is 17.9 Å². The van der Waals surface area contributed by atoms with Crippen LogP contribution < -0.4 is 5.56 Å². The normalized spacial score (nSPS) is 11.8. The molecule has 230 valence electrons. The molecule has 3 aromatic heterocycles. The Labute approximate surface area is 262 Å². The Hall–Kier alpha value is -4.77. The van der Waals surface area contributed by atoms with Crippen molar-refractivity contribution in [1.82, 2.24) is 24.7 Å². The number of para-hydroxylation sites is 2. The number of fused-ring (bicyclic) bond motifs is 2. The topological polar surface area (TPSA) is 116 Å². The number of aryl methyl sites for hydroxylation is 1. The van der Waals surface area contributed by atoms with Gasteiger partial charge in [0.2, 0.25) is 0 Å². The summed E-state index contributed by atoms with van der Waals surface area (Å²) in [6.07, 6.45) is 1.87. The van der Waals surface area contributed by atoms with Gasteiger partial charge in [0.1, 0.15) is 28.7 Å². The van der Waals surface area contributed by atoms with Gasteiger partial charge in [0.15, 0.2) is 5.16 Å². The van der Waals surface area contributed by atoms with Crippen LogP contribution >= 0.6 is 11.8 Å². The molecule has 3 heterocycles. The molecule has 0 fully saturated rings. The highest BCUT2D eigenvalue weighted by Crippen LogP contribution is 2.27. The number of rotatable bonds is 10. The van der Waals surface area contributed by atoms with Gasteiger partial charge in [-0.15, -0.1) is 0 Å². The summed E-state index contributed by atoms with van der Waals surface area (Å²) in [5.41, 5.74) is 3.49. The van der Waals surface area contributed by atoms with Gasteiger partial charge < -0.3 is 14.2 Å². The first-order chi connectivity index (χ1) is 21.6. The fourth-order valence-corrected chi connectivity index (χ4v) is 5.77. The van der Waals surface area contributed by atoms with Crippen LogP contribution in [0.15, 0.2) is 87.3 Å². The lowest BCUT2D eigenvalue weighted by Gasteiger charge is -2.19. The number of nitrogens with zero attached hydrogens (tertiary/aromatic N) is 4. The summed E-state index contributed by atoms with van der Waals surface area (Å²) in [5, 5.41) is 5.47. The van der Waals surface area contributed by atoms with Crippen molar-refractivity contribution in [3.63, 3.8) is 0 Å². The van der Waals surface area contributed by atoms with Gasteiger partial charge in [0.25, 0.3) is 5.56 Å². The highest BCUT2D eigenvalue weighted by Gasteiger charge is 2.18. The third-order valence-corrected chi connectivity index (χ3v) is 7.94. The van der Waals surface area contributed by atoms with E-state index in [9.17, 15) is 14.0 Å². The minimum absolute atomic E-state index is 0.261. The fraction of sp³-hybridized carbons (Fsp3) is 0.265. The lowest BCUT2D eigenvalue weighted by atomic mass is 10.1. The molecule has 0 saturated heterocycles. The number of ether oxygens (including phenoxy) is 1. The first kappa shape index (κ1) is 30.3. The Bertz CT molecular complexity index is 2010. The maximum Gasteiger partial charge on any atom is 0.306 e. The number of unbranched alkanes of at least 4 members (excludes halogenated alkanes) is 1. The zero-order chi connectivity index (χ0) is 31.6. The molecular formula is C34H32FN5O4S. The Balaban J connectivity index is 1.24. The van der Waals surface area contributed by atoms with E-state index in [0.717, 1.165) is 21.8 Å². The number of H-pyrrole nitrogens is 1. The van der Waals surface area contributed by atoms with E-state index in [1.54, 1.807) is 18.2 Å². The van der Waals surface area contributed by atoms with Crippen LogP contribution in [0.2, 0.25) is 0 Å². The molecular weight excluding hydrogens is 593 g/mol. The number of hydrogen-bond acceptors (Lipinski definition) is 8. The number of aromatic nitrogens is 5. The number of benzene rings is 3. The van der Waals surface area contributed by atoms with Crippen LogP contribution in [0.3, 0.4) is 0 Å². The molecule has 9 nitrogen and oxygen atoms in total. The largest absolute Gasteiger partial charge is 0.460 e. The quantitative estimate of drug-likeness (QED) is 0.0951. The molecule has 0 aliphatic heterocycles. The second kappa shape index (κ2) is 12.7. The van der Waals surface area contributed by atoms with Gasteiger partial charge in [0, 0.05) is 24.5 Å². The summed E-state index contributed by atoms with van der Waals surface area (Å²) in [6, 6.07) is 20.8. The summed E-state index contributed by atoms with van der Waals surface area (Å²) < 4.78 is 26.3. The molecule has 6 rings (SSSR count). The van der Waals surface area contributed by atoms with E-state index < -0.39 is 11.4 Å². The Morgan fingerprint density at radius 2 is 1.80 bits per heavy atom. The predicted molar refractivity (Wildman–Crippen MR) is 172 cm³/mol. The summed E-state index contributed by atoms with van der Waals surface area (Å²) in [4.78, 5) is 38.7. The third-order valence-electron chi connectivity index (χ3n) is 7.05. The first-order valence-corrected chi connectivity index (χ1v) is 15.7. The van der Waals surface area contributed by atoms with Gasteiger partial charge >= 0.3 is 5.97 Å². The average molecular weight is 626 g/mol. The summed E-state index contributed by atoms with van der Waals surface area (Å²) in [5.74, 6) is 1.07. The summed E-state index contributed by atoms with van der Waals surface area (Å²) in [7, 11) is 0. The van der Waals surface area contributed by atoms with Crippen molar-refractivity contribution in [1.29, 1.82) is 0 Å². The lowest BCUT2D eigenvalue weighted by Crippen LogP contribution is -2.24. The molecule has 1 N–H and O–H groups in total. The minimum Gasteiger partial charge on any atom is -0.460 e. The monoisotopic (exact) mass is 625 g/mol. The van der Waals surface area contributed by atoms with Crippen LogP contribution in [0.1, 0.15) is 51.6 Å². The van der Waals surface area contributed by atoms with Crippen molar-refractivity contribution in [2.45, 2.75) is 63.0 Å². The Morgan fingerprint density at radius 1 is 1.00 bits per heavy atom. The van der Waals surface area contributed by atoms with E-state index >= 15 is 0 Å². The van der Waals surface area contributed by atoms with E-state index in [1.165, 1.54) is 28.5 Å². The second-order valence-corrected chi connectivity index (χ2v) is 12.7. The first-order valence-electron chi connectivity index (χ1n) is 14.7. The molecule has 45 heavy (non-hydrogen) atoms. The summed E-state index contributed by atoms with van der Waals surface area (Å²) >= 11 is 1.52. The third kappa shape index (κ3) is 7.15. The summed E-state index contributed by atoms with van der Waals surface area (Å²) in [6.45, 7) is 5.50. The van der Waals surface area contributed by atoms with E-state index in [1.807, 2.05) is 63.2 Å². The molecule has 6 aromatic rings. The lowest BCUT2D eigenvalue weighted by molar-refractivity contribution is -0.154. The van der Waals surface area contributed by atoms with Gasteiger partial charge in [-0.1, -0.05) is 35.1 Å². The number of halogens is 1. The van der Waals surface area contributed by atoms with Crippen molar-refractivity contribution in [3.05, 3.63) is 101 Å². The van der Waals surface area contributed by atoms with E-state index in [2.05, 4.69) is 15.1 Å². The number of carbonyl (C=O) groups excluding carboxylic acids is 1. The number of thioether (sulfide) groups is 1. The zero-order valence-corrected chi connectivity index (χ0v) is 26.0. The van der Waals surface area contributed by atoms with Crippen molar-refractivity contribution < 1.29 is 18.4 Å². The SMILES string of the molecule is CC(C)(C)OC(=O)CCCCc1nc2cc(-c3cc(CSc4nc5ccccc5[nH]4)on3)ccc2c(=O)n1-c1ccc(F)cc1. The molecule has 3 aromatic carbocycles. The van der Waals surface area contributed by atoms with Crippen LogP contribution in [0, 0.1) is 5.82 Å². The maximum absolute atomic E-state index is 13.8. The van der Waals surface area contributed by atoms with Crippen LogP contribution in [-0.2, 0) is 21.7 Å². The van der Waals surface area contributed by atoms with Crippen molar-refractivity contribution >= 4 is 39.7 Å². The molecule has 0 amide bonds. The average Bonchev–Trinajstić information content (AvgIpc) is 3.65. The molecule has 0 unspecified atom stereocenters. The molecule has 11 heteroatoms. The van der Waals surface area contributed by atoms with Crippen LogP contribution in [0.4, 0.5) is 4.39 Å². The van der Waals surface area contributed by atoms with Crippen LogP contribution in [0.25, 0.3) is 38.9 Å². The van der Waals surface area contributed by atoms with E-state index in [4.69, 9.17) is 14.2 Å². The minimum atomic E-state index is -0.546. The molecule has 0 spiro atoms. The van der Waals surface area contributed by atoms with Gasteiger partial charge in [-0.2, -0.15) is 0 Å². The zero-order valence-electron chi connectivity index (χ0n) is 25.2. The predicted octanol–water partition coefficient (Wildman–Crippen LogP) is 7.40. The van der Waals surface area contributed by atoms with Crippen LogP contribution in [0.5, 0.6) is 0 Å². The molecule has 0 saturated carbocycles. The number of carbonyl (C=O) groups is 1. The molecule has 0 atom stereocenters. The second-order valence-electron chi connectivity index (χ2n) is 11.7. The number of imidazole rings is 1. The highest BCUT2D eigenvalue weighted by atomic mass is 32.2. The fourth-order valence-electron chi connectivity index (χ4n) is 5.01. The van der Waals surface area contributed by atoms with Gasteiger partial charge in [-0.3, -0.25) is 14.2 Å². The highest BCUT2D eigenvalue weighted by molar-refractivity contribution is 7.98. The van der Waals surface area contributed by atoms with Crippen molar-refractivity contribution in [3.8, 4) is 16.9 Å². The number of nitrogens with one attached hydrogen (secondary N) is 1. The van der Waals surface area contributed by atoms with E-state index in [0.29, 0.717) is 58.9 Å².